The molecule has 3 rings (SSSR count). The number of rotatable bonds is 9. The van der Waals surface area contributed by atoms with Crippen LogP contribution in [-0.4, -0.2) is 35.6 Å². The second kappa shape index (κ2) is 9.81. The second-order valence-corrected chi connectivity index (χ2v) is 10.1. The van der Waals surface area contributed by atoms with Gasteiger partial charge in [-0.25, -0.2) is 0 Å². The summed E-state index contributed by atoms with van der Waals surface area (Å²) >= 11 is 6.27. The van der Waals surface area contributed by atoms with Crippen LogP contribution in [0, 0.1) is 0 Å². The highest BCUT2D eigenvalue weighted by molar-refractivity contribution is 7.85. The highest BCUT2D eigenvalue weighted by Crippen LogP contribution is 2.41. The molecule has 0 spiro atoms. The van der Waals surface area contributed by atoms with Crippen molar-refractivity contribution in [1.29, 1.82) is 0 Å². The second-order valence-electron chi connectivity index (χ2n) is 8.05. The SMILES string of the molecule is CC1(C)C(/C=C/C=C/Nc2ccccc2)=[N+](CCCCS(=O)(=O)O)c2ccc(Cl)cc21. The van der Waals surface area contributed by atoms with Gasteiger partial charge < -0.3 is 5.32 Å². The lowest BCUT2D eigenvalue weighted by atomic mass is 9.81. The summed E-state index contributed by atoms with van der Waals surface area (Å²) in [5.41, 5.74) is 4.10. The Morgan fingerprint density at radius 3 is 2.55 bits per heavy atom. The molecule has 0 radical (unpaired) electrons. The molecule has 0 saturated heterocycles. The Balaban J connectivity index is 1.81. The molecule has 0 unspecified atom stereocenters. The summed E-state index contributed by atoms with van der Waals surface area (Å²) in [6, 6.07) is 15.8. The van der Waals surface area contributed by atoms with Crippen LogP contribution in [-0.2, 0) is 15.5 Å². The number of hydrogen-bond donors (Lipinski definition) is 2. The number of allylic oxidation sites excluding steroid dienone is 3. The lowest BCUT2D eigenvalue weighted by Gasteiger charge is -2.15. The van der Waals surface area contributed by atoms with Crippen LogP contribution in [0.25, 0.3) is 0 Å². The molecule has 0 saturated carbocycles. The first-order valence-electron chi connectivity index (χ1n) is 10.2. The van der Waals surface area contributed by atoms with Crippen molar-refractivity contribution < 1.29 is 17.5 Å². The van der Waals surface area contributed by atoms with E-state index in [-0.39, 0.29) is 11.2 Å². The Hall–Kier alpha value is -2.41. The number of benzene rings is 2. The minimum Gasteiger partial charge on any atom is -0.362 e. The van der Waals surface area contributed by atoms with Gasteiger partial charge in [-0.15, -0.1) is 0 Å². The molecular weight excluding hydrogens is 432 g/mol. The molecule has 0 aliphatic carbocycles. The maximum absolute atomic E-state index is 11.0. The van der Waals surface area contributed by atoms with E-state index in [0.29, 0.717) is 24.4 Å². The van der Waals surface area contributed by atoms with Crippen LogP contribution in [0.4, 0.5) is 11.4 Å². The zero-order chi connectivity index (χ0) is 22.5. The molecule has 0 aromatic heterocycles. The highest BCUT2D eigenvalue weighted by atomic mass is 35.5. The van der Waals surface area contributed by atoms with Crippen LogP contribution < -0.4 is 5.32 Å². The lowest BCUT2D eigenvalue weighted by Crippen LogP contribution is -2.28. The summed E-state index contributed by atoms with van der Waals surface area (Å²) in [6.07, 6.45) is 8.94. The molecule has 1 heterocycles. The van der Waals surface area contributed by atoms with Gasteiger partial charge in [0.05, 0.1) is 11.2 Å². The molecule has 2 N–H and O–H groups in total. The average molecular weight is 460 g/mol. The fourth-order valence-electron chi connectivity index (χ4n) is 3.82. The Morgan fingerprint density at radius 2 is 1.84 bits per heavy atom. The smallest absolute Gasteiger partial charge is 0.264 e. The van der Waals surface area contributed by atoms with Gasteiger partial charge in [0, 0.05) is 41.0 Å². The van der Waals surface area contributed by atoms with E-state index < -0.39 is 10.1 Å². The van der Waals surface area contributed by atoms with Crippen LogP contribution in [0.5, 0.6) is 0 Å². The van der Waals surface area contributed by atoms with E-state index in [2.05, 4.69) is 29.8 Å². The zero-order valence-corrected chi connectivity index (χ0v) is 19.3. The van der Waals surface area contributed by atoms with Crippen LogP contribution in [0.3, 0.4) is 0 Å². The highest BCUT2D eigenvalue weighted by Gasteiger charge is 2.44. The molecule has 0 bridgehead atoms. The van der Waals surface area contributed by atoms with Crippen LogP contribution in [0.1, 0.15) is 32.3 Å². The molecule has 31 heavy (non-hydrogen) atoms. The van der Waals surface area contributed by atoms with Crippen molar-refractivity contribution in [2.24, 2.45) is 0 Å². The molecule has 164 valence electrons. The first kappa shape index (κ1) is 23.3. The van der Waals surface area contributed by atoms with E-state index in [1.165, 1.54) is 0 Å². The van der Waals surface area contributed by atoms with Crippen LogP contribution in [0.2, 0.25) is 5.02 Å². The zero-order valence-electron chi connectivity index (χ0n) is 17.8. The standard InChI is InChI=1S/C24H27ClN2O3S/c1-24(2)21-18-19(25)13-14-22(21)27(16-8-9-17-31(28,29)30)23(24)12-6-7-15-26-20-10-4-3-5-11-20/h3-7,10-15,18H,8-9,16-17H2,1-2H3,(H,28,29,30)/p+1. The van der Waals surface area contributed by atoms with Crippen molar-refractivity contribution in [3.05, 3.63) is 83.5 Å². The molecule has 2 aromatic carbocycles. The summed E-state index contributed by atoms with van der Waals surface area (Å²) in [5, 5.41) is 3.92. The van der Waals surface area contributed by atoms with E-state index in [4.69, 9.17) is 16.2 Å². The van der Waals surface area contributed by atoms with Gasteiger partial charge in [-0.05, 0) is 50.6 Å². The van der Waals surface area contributed by atoms with Gasteiger partial charge in [0.1, 0.15) is 6.54 Å². The van der Waals surface area contributed by atoms with Crippen molar-refractivity contribution >= 4 is 38.8 Å². The molecule has 7 heteroatoms. The number of fused-ring (bicyclic) bond motifs is 1. The number of nitrogens with zero attached hydrogens (tertiary/aromatic N) is 1. The summed E-state index contributed by atoms with van der Waals surface area (Å²) in [5.74, 6) is -0.225. The Kier molecular flexibility index (Phi) is 7.36. The van der Waals surface area contributed by atoms with Gasteiger partial charge in [-0.2, -0.15) is 13.0 Å². The van der Waals surface area contributed by atoms with Crippen molar-refractivity contribution in [2.45, 2.75) is 32.1 Å². The number of halogens is 1. The first-order valence-corrected chi connectivity index (χ1v) is 12.2. The van der Waals surface area contributed by atoms with Gasteiger partial charge in [0.2, 0.25) is 5.69 Å². The third kappa shape index (κ3) is 6.06. The van der Waals surface area contributed by atoms with Crippen molar-refractivity contribution in [3.8, 4) is 0 Å². The molecule has 0 amide bonds. The quantitative estimate of drug-likeness (QED) is 0.223. The number of para-hydroxylation sites is 1. The predicted octanol–water partition coefficient (Wildman–Crippen LogP) is 5.57. The van der Waals surface area contributed by atoms with Crippen LogP contribution >= 0.6 is 11.6 Å². The van der Waals surface area contributed by atoms with Gasteiger partial charge in [0.15, 0.2) is 5.71 Å². The summed E-state index contributed by atoms with van der Waals surface area (Å²) in [4.78, 5) is 0. The van der Waals surface area contributed by atoms with E-state index in [9.17, 15) is 8.42 Å². The van der Waals surface area contributed by atoms with Crippen molar-refractivity contribution in [1.82, 2.24) is 0 Å². The fraction of sp³-hybridized carbons (Fsp3) is 0.292. The first-order chi connectivity index (χ1) is 14.7. The van der Waals surface area contributed by atoms with Gasteiger partial charge in [0.25, 0.3) is 10.1 Å². The molecule has 0 fully saturated rings. The minimum atomic E-state index is -3.94. The Labute approximate surface area is 189 Å². The largest absolute Gasteiger partial charge is 0.362 e. The van der Waals surface area contributed by atoms with E-state index in [1.54, 1.807) is 0 Å². The average Bonchev–Trinajstić information content (AvgIpc) is 2.91. The number of anilines is 1. The van der Waals surface area contributed by atoms with Crippen molar-refractivity contribution in [2.75, 3.05) is 17.6 Å². The third-order valence-corrected chi connectivity index (χ3v) is 6.41. The van der Waals surface area contributed by atoms with E-state index in [0.717, 1.165) is 22.6 Å². The van der Waals surface area contributed by atoms with Gasteiger partial charge in [-0.1, -0.05) is 35.9 Å². The molecule has 1 aliphatic rings. The Bertz CT molecular complexity index is 1120. The van der Waals surface area contributed by atoms with Crippen LogP contribution in [0.15, 0.2) is 73.0 Å². The third-order valence-electron chi connectivity index (χ3n) is 5.37. The monoisotopic (exact) mass is 459 g/mol. The van der Waals surface area contributed by atoms with Gasteiger partial charge >= 0.3 is 0 Å². The number of hydrogen-bond acceptors (Lipinski definition) is 3. The molecule has 2 aromatic rings. The summed E-state index contributed by atoms with van der Waals surface area (Å²) in [7, 11) is -3.94. The molecule has 1 aliphatic heterocycles. The normalized spacial score (nSPS) is 15.7. The number of nitrogens with one attached hydrogen (secondary N) is 1. The topological polar surface area (TPSA) is 69.4 Å². The fourth-order valence-corrected chi connectivity index (χ4v) is 4.56. The molecular formula is C24H28ClN2O3S+. The van der Waals surface area contributed by atoms with E-state index in [1.807, 2.05) is 66.9 Å². The van der Waals surface area contributed by atoms with E-state index >= 15 is 0 Å². The maximum atomic E-state index is 11.0. The molecule has 5 nitrogen and oxygen atoms in total. The predicted molar refractivity (Wildman–Crippen MR) is 128 cm³/mol. The van der Waals surface area contributed by atoms with Gasteiger partial charge in [-0.3, -0.25) is 4.55 Å². The summed E-state index contributed by atoms with van der Waals surface area (Å²) < 4.78 is 33.3. The van der Waals surface area contributed by atoms with Crippen molar-refractivity contribution in [3.63, 3.8) is 0 Å². The minimum absolute atomic E-state index is 0.225. The molecule has 0 atom stereocenters. The number of unbranched alkanes of at least 4 members (excludes halogenated alkanes) is 1. The summed E-state index contributed by atoms with van der Waals surface area (Å²) in [6.45, 7) is 4.97. The maximum Gasteiger partial charge on any atom is 0.264 e. The Morgan fingerprint density at radius 1 is 1.10 bits per heavy atom. The lowest BCUT2D eigenvalue weighted by molar-refractivity contribution is -0.438.